The third kappa shape index (κ3) is 4.39. The number of hydrogen-bond donors (Lipinski definition) is 3. The smallest absolute Gasteiger partial charge is 0.246 e. The summed E-state index contributed by atoms with van der Waals surface area (Å²) in [5.41, 5.74) is -0.427. The number of hydrogen-bond acceptors (Lipinski definition) is 4. The van der Waals surface area contributed by atoms with E-state index in [-0.39, 0.29) is 29.9 Å². The summed E-state index contributed by atoms with van der Waals surface area (Å²) < 4.78 is 0. The Morgan fingerprint density at radius 3 is 2.35 bits per heavy atom. The fourth-order valence-electron chi connectivity index (χ4n) is 4.11. The van der Waals surface area contributed by atoms with Gasteiger partial charge in [0.15, 0.2) is 5.81 Å². The molecule has 1 saturated heterocycles. The fourth-order valence-corrected chi connectivity index (χ4v) is 4.11. The maximum Gasteiger partial charge on any atom is 0.246 e. The maximum atomic E-state index is 13.4. The number of likely N-dealkylation sites (tertiary alicyclic amines) is 1. The van der Waals surface area contributed by atoms with Gasteiger partial charge in [0.05, 0.1) is 12.1 Å². The summed E-state index contributed by atoms with van der Waals surface area (Å²) in [7, 11) is 7.01. The highest BCUT2D eigenvalue weighted by molar-refractivity contribution is 6.57. The molecule has 8 heteroatoms. The minimum absolute atomic E-state index is 0.0431. The molecule has 0 bridgehead atoms. The Balaban J connectivity index is 2.19. The van der Waals surface area contributed by atoms with Crippen molar-refractivity contribution in [3.05, 3.63) is 0 Å². The van der Waals surface area contributed by atoms with E-state index < -0.39 is 17.3 Å². The average Bonchev–Trinajstić information content (AvgIpc) is 3.12. The summed E-state index contributed by atoms with van der Waals surface area (Å²) in [6.45, 7) is 8.24. The average molecular weight is 362 g/mol. The van der Waals surface area contributed by atoms with Gasteiger partial charge in [-0.15, -0.1) is 0 Å². The van der Waals surface area contributed by atoms with Gasteiger partial charge in [0, 0.05) is 12.6 Å². The van der Waals surface area contributed by atoms with Crippen LogP contribution in [-0.4, -0.2) is 68.1 Å². The Bertz CT molecular complexity index is 563. The van der Waals surface area contributed by atoms with Crippen molar-refractivity contribution in [2.75, 3.05) is 13.6 Å². The molecule has 0 aromatic rings. The van der Waals surface area contributed by atoms with Crippen LogP contribution in [0.5, 0.6) is 0 Å². The first-order valence-corrected chi connectivity index (χ1v) is 9.40. The van der Waals surface area contributed by atoms with Crippen molar-refractivity contribution in [3.8, 4) is 0 Å². The summed E-state index contributed by atoms with van der Waals surface area (Å²) in [5, 5.41) is 8.60. The lowest BCUT2D eigenvalue weighted by atomic mass is 9.85. The van der Waals surface area contributed by atoms with Crippen LogP contribution < -0.4 is 16.0 Å². The molecule has 7 nitrogen and oxygen atoms in total. The van der Waals surface area contributed by atoms with E-state index in [4.69, 9.17) is 7.85 Å². The van der Waals surface area contributed by atoms with Crippen molar-refractivity contribution >= 4 is 25.5 Å². The number of carbonyl (C=O) groups is 3. The molecule has 1 heterocycles. The molecule has 3 amide bonds. The van der Waals surface area contributed by atoms with Crippen molar-refractivity contribution in [2.45, 2.75) is 71.1 Å². The lowest BCUT2D eigenvalue weighted by molar-refractivity contribution is -0.141. The molecule has 0 aromatic heterocycles. The van der Waals surface area contributed by atoms with E-state index in [0.717, 1.165) is 19.3 Å². The Morgan fingerprint density at radius 1 is 1.15 bits per heavy atom. The summed E-state index contributed by atoms with van der Waals surface area (Å²) in [4.78, 5) is 38.9. The third-order valence-electron chi connectivity index (χ3n) is 5.68. The summed E-state index contributed by atoms with van der Waals surface area (Å²) >= 11 is 0. The SMILES string of the molecule is [B]C(=O)NC1CC[C@@H]2CCN(C(=O)C(NC(=O)[C@H](C)NC)C(C)(C)C)[C@H]12. The van der Waals surface area contributed by atoms with E-state index >= 15 is 0 Å². The molecular weight excluding hydrogens is 331 g/mol. The Kier molecular flexibility index (Phi) is 6.37. The molecule has 1 aliphatic heterocycles. The van der Waals surface area contributed by atoms with Crippen LogP contribution in [0.3, 0.4) is 0 Å². The second-order valence-electron chi connectivity index (χ2n) is 8.58. The standard InChI is InChI=1S/C18H31BN4O3/c1-10(20-5)15(24)22-14(18(2,3)4)16(25)23-9-8-11-6-7-12(13(11)23)21-17(19)26/h10-14,20H,6-9H2,1-5H3,(H,21,26)(H,22,24)/t10-,11+,12?,13-,14?/m0/s1. The van der Waals surface area contributed by atoms with E-state index in [2.05, 4.69) is 16.0 Å². The first kappa shape index (κ1) is 20.7. The molecule has 2 rings (SSSR count). The number of amides is 3. The zero-order valence-corrected chi connectivity index (χ0v) is 16.5. The van der Waals surface area contributed by atoms with Gasteiger partial charge in [0.25, 0.3) is 0 Å². The predicted octanol–water partition coefficient (Wildman–Crippen LogP) is 0.383. The van der Waals surface area contributed by atoms with E-state index in [1.807, 2.05) is 25.7 Å². The summed E-state index contributed by atoms with van der Waals surface area (Å²) in [5.74, 6) is -0.462. The molecule has 3 N–H and O–H groups in total. The Morgan fingerprint density at radius 2 is 1.81 bits per heavy atom. The first-order chi connectivity index (χ1) is 12.1. The van der Waals surface area contributed by atoms with Crippen LogP contribution in [0, 0.1) is 11.3 Å². The number of carbonyl (C=O) groups excluding carboxylic acids is 3. The molecule has 144 valence electrons. The van der Waals surface area contributed by atoms with E-state index in [9.17, 15) is 14.4 Å². The highest BCUT2D eigenvalue weighted by Crippen LogP contribution is 2.39. The number of fused-ring (bicyclic) bond motifs is 1. The van der Waals surface area contributed by atoms with Crippen molar-refractivity contribution < 1.29 is 14.4 Å². The Labute approximate surface area is 157 Å². The van der Waals surface area contributed by atoms with Crippen LogP contribution in [0.2, 0.25) is 0 Å². The molecular formula is C18H31BN4O3. The Hall–Kier alpha value is -1.57. The van der Waals surface area contributed by atoms with Crippen LogP contribution in [-0.2, 0) is 9.59 Å². The quantitative estimate of drug-likeness (QED) is 0.617. The first-order valence-electron chi connectivity index (χ1n) is 9.40. The molecule has 2 radical (unpaired) electrons. The summed E-state index contributed by atoms with van der Waals surface area (Å²) in [6, 6.07) is -1.16. The molecule has 2 fully saturated rings. The molecule has 5 atom stereocenters. The van der Waals surface area contributed by atoms with Crippen LogP contribution in [0.15, 0.2) is 0 Å². The monoisotopic (exact) mass is 362 g/mol. The molecule has 0 aromatic carbocycles. The van der Waals surface area contributed by atoms with Crippen LogP contribution in [0.4, 0.5) is 4.79 Å². The van der Waals surface area contributed by atoms with Gasteiger partial charge in [-0.3, -0.25) is 14.4 Å². The van der Waals surface area contributed by atoms with Gasteiger partial charge in [-0.2, -0.15) is 0 Å². The van der Waals surface area contributed by atoms with Crippen molar-refractivity contribution in [1.29, 1.82) is 0 Å². The third-order valence-corrected chi connectivity index (χ3v) is 5.68. The van der Waals surface area contributed by atoms with Gasteiger partial charge < -0.3 is 20.9 Å². The minimum Gasteiger partial charge on any atom is -0.361 e. The molecule has 1 aliphatic carbocycles. The molecule has 26 heavy (non-hydrogen) atoms. The fraction of sp³-hybridized carbons (Fsp3) is 0.833. The normalized spacial score (nSPS) is 27.6. The number of rotatable bonds is 5. The van der Waals surface area contributed by atoms with Crippen molar-refractivity contribution in [3.63, 3.8) is 0 Å². The highest BCUT2D eigenvalue weighted by Gasteiger charge is 2.49. The lowest BCUT2D eigenvalue weighted by Crippen LogP contribution is -2.60. The van der Waals surface area contributed by atoms with E-state index in [1.165, 1.54) is 0 Å². The van der Waals surface area contributed by atoms with Crippen LogP contribution in [0.1, 0.15) is 47.0 Å². The van der Waals surface area contributed by atoms with Gasteiger partial charge >= 0.3 is 0 Å². The molecule has 2 unspecified atom stereocenters. The van der Waals surface area contributed by atoms with E-state index in [1.54, 1.807) is 14.0 Å². The zero-order chi connectivity index (χ0) is 19.6. The van der Waals surface area contributed by atoms with Crippen molar-refractivity contribution in [2.24, 2.45) is 11.3 Å². The zero-order valence-electron chi connectivity index (χ0n) is 16.5. The van der Waals surface area contributed by atoms with Gasteiger partial charge in [-0.1, -0.05) is 20.8 Å². The predicted molar refractivity (Wildman–Crippen MR) is 101 cm³/mol. The van der Waals surface area contributed by atoms with Crippen LogP contribution in [0.25, 0.3) is 0 Å². The topological polar surface area (TPSA) is 90.5 Å². The number of likely N-dealkylation sites (N-methyl/N-ethyl adjacent to an activating group) is 1. The van der Waals surface area contributed by atoms with Gasteiger partial charge in [0.1, 0.15) is 6.04 Å². The van der Waals surface area contributed by atoms with Gasteiger partial charge in [0.2, 0.25) is 19.7 Å². The number of nitrogens with zero attached hydrogens (tertiary/aromatic N) is 1. The highest BCUT2D eigenvalue weighted by atomic mass is 16.2. The molecule has 2 aliphatic rings. The lowest BCUT2D eigenvalue weighted by Gasteiger charge is -2.37. The molecule has 1 saturated carbocycles. The molecule has 0 spiro atoms. The number of nitrogens with one attached hydrogen (secondary N) is 3. The second kappa shape index (κ2) is 7.98. The van der Waals surface area contributed by atoms with Crippen LogP contribution >= 0.6 is 0 Å². The van der Waals surface area contributed by atoms with Gasteiger partial charge in [-0.05, 0) is 44.6 Å². The second-order valence-corrected chi connectivity index (χ2v) is 8.58. The maximum absolute atomic E-state index is 13.4. The largest absolute Gasteiger partial charge is 0.361 e. The van der Waals surface area contributed by atoms with E-state index in [0.29, 0.717) is 12.5 Å². The minimum atomic E-state index is -0.626. The van der Waals surface area contributed by atoms with Crippen molar-refractivity contribution in [1.82, 2.24) is 20.9 Å². The summed E-state index contributed by atoms with van der Waals surface area (Å²) in [6.07, 6.45) is 2.72. The van der Waals surface area contributed by atoms with Gasteiger partial charge in [-0.25, -0.2) is 0 Å².